The van der Waals surface area contributed by atoms with E-state index in [9.17, 15) is 4.79 Å². The van der Waals surface area contributed by atoms with Gasteiger partial charge in [-0.1, -0.05) is 60.7 Å². The van der Waals surface area contributed by atoms with E-state index in [1.807, 2.05) is 42.5 Å². The van der Waals surface area contributed by atoms with E-state index in [1.165, 1.54) is 5.56 Å². The highest BCUT2D eigenvalue weighted by Gasteiger charge is 2.10. The predicted octanol–water partition coefficient (Wildman–Crippen LogP) is 3.93. The maximum Gasteiger partial charge on any atom is 0.319 e. The summed E-state index contributed by atoms with van der Waals surface area (Å²) in [5, 5.41) is 17.4. The highest BCUT2D eigenvalue weighted by molar-refractivity contribution is 5.90. The Labute approximate surface area is 193 Å². The van der Waals surface area contributed by atoms with Gasteiger partial charge in [0.2, 0.25) is 0 Å². The number of hydrogen-bond acceptors (Lipinski definition) is 5. The zero-order chi connectivity index (χ0) is 23.2. The second-order valence-corrected chi connectivity index (χ2v) is 8.11. The normalized spacial score (nSPS) is 10.9. The van der Waals surface area contributed by atoms with Crippen LogP contribution in [0.1, 0.15) is 11.1 Å². The van der Waals surface area contributed by atoms with Gasteiger partial charge < -0.3 is 15.5 Å². The van der Waals surface area contributed by atoms with Crippen LogP contribution in [0, 0.1) is 0 Å². The second kappa shape index (κ2) is 10.1. The third-order valence-electron chi connectivity index (χ3n) is 5.22. The van der Waals surface area contributed by atoms with E-state index in [4.69, 9.17) is 0 Å². The van der Waals surface area contributed by atoms with Crippen LogP contribution in [0.5, 0.6) is 0 Å². The number of anilines is 1. The fourth-order valence-electron chi connectivity index (χ4n) is 3.67. The van der Waals surface area contributed by atoms with Crippen LogP contribution in [-0.2, 0) is 20.1 Å². The SMILES string of the molecule is CN(C)Cc1ccc(-c2ccccc2CNC(=O)Nc2cccc(-c3nnnn3C)c2)cc1. The van der Waals surface area contributed by atoms with Crippen molar-refractivity contribution in [3.8, 4) is 22.5 Å². The molecular weight excluding hydrogens is 414 g/mol. The number of tetrazole rings is 1. The Kier molecular flexibility index (Phi) is 6.75. The molecule has 0 bridgehead atoms. The van der Waals surface area contributed by atoms with Gasteiger partial charge in [0.25, 0.3) is 0 Å². The van der Waals surface area contributed by atoms with Crippen molar-refractivity contribution in [2.45, 2.75) is 13.1 Å². The summed E-state index contributed by atoms with van der Waals surface area (Å²) >= 11 is 0. The van der Waals surface area contributed by atoms with Gasteiger partial charge in [-0.05, 0) is 58.9 Å². The van der Waals surface area contributed by atoms with Gasteiger partial charge in [0.05, 0.1) is 0 Å². The number of urea groups is 1. The van der Waals surface area contributed by atoms with Gasteiger partial charge in [0, 0.05) is 31.4 Å². The fraction of sp³-hybridized carbons (Fsp3) is 0.200. The molecule has 0 saturated heterocycles. The summed E-state index contributed by atoms with van der Waals surface area (Å²) in [6.07, 6.45) is 0. The smallest absolute Gasteiger partial charge is 0.319 e. The topological polar surface area (TPSA) is 88.0 Å². The number of amides is 2. The molecule has 0 aliphatic rings. The van der Waals surface area contributed by atoms with Crippen molar-refractivity contribution in [1.82, 2.24) is 30.4 Å². The van der Waals surface area contributed by atoms with Crippen molar-refractivity contribution in [1.29, 1.82) is 0 Å². The molecule has 4 rings (SSSR count). The van der Waals surface area contributed by atoms with Crippen LogP contribution < -0.4 is 10.6 Å². The van der Waals surface area contributed by atoms with Crippen molar-refractivity contribution in [2.75, 3.05) is 19.4 Å². The lowest BCUT2D eigenvalue weighted by Crippen LogP contribution is -2.28. The molecule has 0 unspecified atom stereocenters. The molecule has 2 N–H and O–H groups in total. The van der Waals surface area contributed by atoms with Gasteiger partial charge in [0.15, 0.2) is 5.82 Å². The molecule has 2 amide bonds. The summed E-state index contributed by atoms with van der Waals surface area (Å²) in [5.41, 5.74) is 6.03. The largest absolute Gasteiger partial charge is 0.334 e. The van der Waals surface area contributed by atoms with E-state index in [-0.39, 0.29) is 6.03 Å². The number of carbonyl (C=O) groups is 1. The number of benzene rings is 3. The van der Waals surface area contributed by atoms with Crippen LogP contribution in [0.4, 0.5) is 10.5 Å². The first-order chi connectivity index (χ1) is 16.0. The molecule has 4 aromatic rings. The van der Waals surface area contributed by atoms with Gasteiger partial charge >= 0.3 is 6.03 Å². The third kappa shape index (κ3) is 5.61. The second-order valence-electron chi connectivity index (χ2n) is 8.11. The number of carbonyl (C=O) groups excluding carboxylic acids is 1. The van der Waals surface area contributed by atoms with Crippen LogP contribution in [0.15, 0.2) is 72.8 Å². The molecule has 3 aromatic carbocycles. The summed E-state index contributed by atoms with van der Waals surface area (Å²) in [6.45, 7) is 1.31. The fourth-order valence-corrected chi connectivity index (χ4v) is 3.67. The molecule has 8 heteroatoms. The standard InChI is InChI=1S/C25H27N7O/c1-31(2)17-18-11-13-19(14-12-18)23-10-5-4-7-21(23)16-26-25(33)27-22-9-6-8-20(15-22)24-28-29-30-32(24)3/h4-15H,16-17H2,1-3H3,(H2,26,27,33). The molecule has 0 saturated carbocycles. The Morgan fingerprint density at radius 3 is 2.48 bits per heavy atom. The maximum atomic E-state index is 12.6. The minimum atomic E-state index is -0.278. The molecule has 0 spiro atoms. The summed E-state index contributed by atoms with van der Waals surface area (Å²) in [4.78, 5) is 14.7. The van der Waals surface area contributed by atoms with Gasteiger partial charge in [0.1, 0.15) is 0 Å². The number of aromatic nitrogens is 4. The summed E-state index contributed by atoms with van der Waals surface area (Å²) in [7, 11) is 5.89. The van der Waals surface area contributed by atoms with E-state index < -0.39 is 0 Å². The molecule has 1 heterocycles. The highest BCUT2D eigenvalue weighted by atomic mass is 16.2. The van der Waals surface area contributed by atoms with E-state index >= 15 is 0 Å². The Hall–Kier alpha value is -4.04. The number of rotatable bonds is 7. The molecule has 0 radical (unpaired) electrons. The van der Waals surface area contributed by atoms with Crippen molar-refractivity contribution < 1.29 is 4.79 Å². The minimum absolute atomic E-state index is 0.278. The summed E-state index contributed by atoms with van der Waals surface area (Å²) < 4.78 is 1.59. The Bertz CT molecular complexity index is 1230. The predicted molar refractivity (Wildman–Crippen MR) is 129 cm³/mol. The average Bonchev–Trinajstić information content (AvgIpc) is 3.24. The quantitative estimate of drug-likeness (QED) is 0.454. The highest BCUT2D eigenvalue weighted by Crippen LogP contribution is 2.24. The molecule has 0 aliphatic heterocycles. The van der Waals surface area contributed by atoms with Crippen molar-refractivity contribution in [3.05, 3.63) is 83.9 Å². The van der Waals surface area contributed by atoms with Crippen molar-refractivity contribution in [2.24, 2.45) is 7.05 Å². The lowest BCUT2D eigenvalue weighted by atomic mass is 9.98. The van der Waals surface area contributed by atoms with E-state index in [0.717, 1.165) is 28.8 Å². The first-order valence-corrected chi connectivity index (χ1v) is 10.7. The van der Waals surface area contributed by atoms with Crippen LogP contribution in [0.25, 0.3) is 22.5 Å². The van der Waals surface area contributed by atoms with Crippen LogP contribution in [-0.4, -0.2) is 45.2 Å². The number of aryl methyl sites for hydroxylation is 1. The van der Waals surface area contributed by atoms with Gasteiger partial charge in [-0.3, -0.25) is 0 Å². The Morgan fingerprint density at radius 2 is 1.76 bits per heavy atom. The van der Waals surface area contributed by atoms with Crippen molar-refractivity contribution >= 4 is 11.7 Å². The lowest BCUT2D eigenvalue weighted by molar-refractivity contribution is 0.252. The first kappa shape index (κ1) is 22.2. The lowest BCUT2D eigenvalue weighted by Gasteiger charge is -2.13. The minimum Gasteiger partial charge on any atom is -0.334 e. The molecular formula is C25H27N7O. The van der Waals surface area contributed by atoms with Gasteiger partial charge in [-0.15, -0.1) is 5.10 Å². The van der Waals surface area contributed by atoms with Gasteiger partial charge in [-0.2, -0.15) is 0 Å². The molecule has 0 fully saturated rings. The van der Waals surface area contributed by atoms with E-state index in [2.05, 4.69) is 75.5 Å². The Morgan fingerprint density at radius 1 is 0.970 bits per heavy atom. The zero-order valence-corrected chi connectivity index (χ0v) is 19.0. The molecule has 1 aromatic heterocycles. The first-order valence-electron chi connectivity index (χ1n) is 10.7. The third-order valence-corrected chi connectivity index (χ3v) is 5.22. The van der Waals surface area contributed by atoms with E-state index in [1.54, 1.807) is 11.7 Å². The molecule has 0 aliphatic carbocycles. The average molecular weight is 442 g/mol. The van der Waals surface area contributed by atoms with Crippen LogP contribution in [0.2, 0.25) is 0 Å². The number of hydrogen-bond donors (Lipinski definition) is 2. The van der Waals surface area contributed by atoms with E-state index in [0.29, 0.717) is 18.1 Å². The summed E-state index contributed by atoms with van der Waals surface area (Å²) in [5.74, 6) is 0.629. The number of nitrogens with one attached hydrogen (secondary N) is 2. The summed E-state index contributed by atoms with van der Waals surface area (Å²) in [6, 6.07) is 23.8. The zero-order valence-electron chi connectivity index (χ0n) is 19.0. The van der Waals surface area contributed by atoms with Crippen LogP contribution >= 0.6 is 0 Å². The maximum absolute atomic E-state index is 12.6. The molecule has 33 heavy (non-hydrogen) atoms. The molecule has 8 nitrogen and oxygen atoms in total. The van der Waals surface area contributed by atoms with Crippen molar-refractivity contribution in [3.63, 3.8) is 0 Å². The number of nitrogens with zero attached hydrogens (tertiary/aromatic N) is 5. The monoisotopic (exact) mass is 441 g/mol. The molecule has 0 atom stereocenters. The Balaban J connectivity index is 1.42. The molecule has 168 valence electrons. The van der Waals surface area contributed by atoms with Crippen LogP contribution in [0.3, 0.4) is 0 Å². The van der Waals surface area contributed by atoms with Gasteiger partial charge in [-0.25, -0.2) is 9.48 Å².